The summed E-state index contributed by atoms with van der Waals surface area (Å²) in [4.78, 5) is 40.9. The van der Waals surface area contributed by atoms with Crippen LogP contribution < -0.4 is 0 Å². The van der Waals surface area contributed by atoms with E-state index in [1.54, 1.807) is 23.4 Å². The summed E-state index contributed by atoms with van der Waals surface area (Å²) in [6.45, 7) is 7.50. The molecule has 2 saturated heterocycles. The molecule has 2 bridgehead atoms. The van der Waals surface area contributed by atoms with Gasteiger partial charge in [-0.3, -0.25) is 14.4 Å². The number of carbonyl (C=O) groups is 2. The molecule has 3 aliphatic heterocycles. The van der Waals surface area contributed by atoms with Gasteiger partial charge in [0.1, 0.15) is 0 Å². The molecule has 2 amide bonds. The zero-order valence-electron chi connectivity index (χ0n) is 17.0. The van der Waals surface area contributed by atoms with Crippen molar-refractivity contribution in [1.29, 1.82) is 0 Å². The van der Waals surface area contributed by atoms with E-state index in [4.69, 9.17) is 9.68 Å². The maximum atomic E-state index is 13.2. The Morgan fingerprint density at radius 1 is 1.17 bits per heavy atom. The van der Waals surface area contributed by atoms with E-state index in [1.807, 2.05) is 36.9 Å². The molecule has 4 rings (SSSR count). The van der Waals surface area contributed by atoms with Crippen LogP contribution in [0.1, 0.15) is 44.0 Å². The number of amides is 2. The maximum absolute atomic E-state index is 13.2. The van der Waals surface area contributed by atoms with Gasteiger partial charge in [0, 0.05) is 29.8 Å². The van der Waals surface area contributed by atoms with Crippen LogP contribution in [0.2, 0.25) is 0 Å². The highest BCUT2D eigenvalue weighted by atomic mass is 32.2. The van der Waals surface area contributed by atoms with Crippen LogP contribution in [-0.4, -0.2) is 57.6 Å². The van der Waals surface area contributed by atoms with E-state index in [0.29, 0.717) is 11.5 Å². The van der Waals surface area contributed by atoms with Crippen molar-refractivity contribution in [3.05, 3.63) is 47.0 Å². The lowest BCUT2D eigenvalue weighted by molar-refractivity contribution is -0.242. The highest BCUT2D eigenvalue weighted by Gasteiger charge is 2.48. The largest absolute Gasteiger partial charge is 0.340 e. The first-order chi connectivity index (χ1) is 13.9. The van der Waals surface area contributed by atoms with E-state index in [1.165, 1.54) is 16.8 Å². The zero-order chi connectivity index (χ0) is 20.5. The van der Waals surface area contributed by atoms with E-state index in [-0.39, 0.29) is 17.9 Å². The minimum Gasteiger partial charge on any atom is -0.340 e. The molecule has 0 saturated carbocycles. The second-order valence-electron chi connectivity index (χ2n) is 7.98. The van der Waals surface area contributed by atoms with Crippen molar-refractivity contribution in [2.75, 3.05) is 13.1 Å². The molecule has 0 aromatic heterocycles. The van der Waals surface area contributed by atoms with Gasteiger partial charge in [-0.05, 0) is 44.7 Å². The van der Waals surface area contributed by atoms with Gasteiger partial charge in [-0.1, -0.05) is 36.9 Å². The van der Waals surface area contributed by atoms with Crippen molar-refractivity contribution in [3.63, 3.8) is 0 Å². The van der Waals surface area contributed by atoms with E-state index >= 15 is 0 Å². The number of fused-ring (bicyclic) bond motifs is 2. The monoisotopic (exact) mass is 417 g/mol. The van der Waals surface area contributed by atoms with Crippen LogP contribution in [-0.2, 0) is 14.5 Å². The SMILES string of the molecule is CC1CCN(C(=O)C2ON(C(=O)c3ccccc3)C3SC2=CN3OC(C)C)CC1. The van der Waals surface area contributed by atoms with E-state index in [9.17, 15) is 9.59 Å². The Hall–Kier alpha value is -2.03. The molecule has 8 heteroatoms. The van der Waals surface area contributed by atoms with Gasteiger partial charge in [0.05, 0.1) is 6.10 Å². The molecular formula is C21H27N3O4S. The van der Waals surface area contributed by atoms with Crippen LogP contribution in [0.5, 0.6) is 0 Å². The molecule has 7 nitrogen and oxygen atoms in total. The summed E-state index contributed by atoms with van der Waals surface area (Å²) in [5.74, 6) is 0.244. The minimum atomic E-state index is -0.821. The number of rotatable bonds is 4. The number of hydrogen-bond acceptors (Lipinski definition) is 6. The molecular weight excluding hydrogens is 390 g/mol. The molecule has 0 N–H and O–H groups in total. The van der Waals surface area contributed by atoms with E-state index in [2.05, 4.69) is 6.92 Å². The van der Waals surface area contributed by atoms with E-state index in [0.717, 1.165) is 30.8 Å². The summed E-state index contributed by atoms with van der Waals surface area (Å²) in [6, 6.07) is 8.95. The number of thioether (sulfide) groups is 1. The topological polar surface area (TPSA) is 62.3 Å². The first-order valence-corrected chi connectivity index (χ1v) is 11.0. The fraction of sp³-hybridized carbons (Fsp3) is 0.524. The van der Waals surface area contributed by atoms with Crippen LogP contribution >= 0.6 is 11.8 Å². The number of hydroxylamine groups is 4. The summed E-state index contributed by atoms with van der Waals surface area (Å²) in [5, 5.41) is 2.90. The van der Waals surface area contributed by atoms with Crippen molar-refractivity contribution in [3.8, 4) is 0 Å². The third kappa shape index (κ3) is 4.15. The molecule has 3 aliphatic rings. The number of nitrogens with zero attached hydrogens (tertiary/aromatic N) is 3. The van der Waals surface area contributed by atoms with Gasteiger partial charge in [0.2, 0.25) is 5.50 Å². The van der Waals surface area contributed by atoms with Crippen molar-refractivity contribution >= 4 is 23.6 Å². The van der Waals surface area contributed by atoms with Gasteiger partial charge in [-0.25, -0.2) is 9.90 Å². The smallest absolute Gasteiger partial charge is 0.280 e. The van der Waals surface area contributed by atoms with Gasteiger partial charge in [0.15, 0.2) is 6.10 Å². The molecule has 0 aliphatic carbocycles. The van der Waals surface area contributed by atoms with Crippen LogP contribution in [0.15, 0.2) is 41.4 Å². The molecule has 0 radical (unpaired) electrons. The average Bonchev–Trinajstić information content (AvgIpc) is 3.05. The third-order valence-corrected chi connectivity index (χ3v) is 6.47. The van der Waals surface area contributed by atoms with Gasteiger partial charge in [-0.2, -0.15) is 5.06 Å². The Labute approximate surface area is 175 Å². The Morgan fingerprint density at radius 2 is 1.86 bits per heavy atom. The number of piperidine rings is 1. The van der Waals surface area contributed by atoms with Crippen molar-refractivity contribution < 1.29 is 19.3 Å². The maximum Gasteiger partial charge on any atom is 0.280 e. The van der Waals surface area contributed by atoms with Crippen LogP contribution in [0.4, 0.5) is 0 Å². The zero-order valence-corrected chi connectivity index (χ0v) is 17.8. The quantitative estimate of drug-likeness (QED) is 0.750. The fourth-order valence-corrected chi connectivity index (χ4v) is 4.77. The fourth-order valence-electron chi connectivity index (χ4n) is 3.64. The lowest BCUT2D eigenvalue weighted by Crippen LogP contribution is -2.53. The van der Waals surface area contributed by atoms with Gasteiger partial charge >= 0.3 is 0 Å². The second kappa shape index (κ2) is 8.38. The predicted molar refractivity (Wildman–Crippen MR) is 110 cm³/mol. The van der Waals surface area contributed by atoms with Gasteiger partial charge < -0.3 is 4.90 Å². The molecule has 29 heavy (non-hydrogen) atoms. The number of likely N-dealkylation sites (tertiary alicyclic amines) is 1. The third-order valence-electron chi connectivity index (χ3n) is 5.26. The highest BCUT2D eigenvalue weighted by Crippen LogP contribution is 2.44. The Bertz CT molecular complexity index is 792. The summed E-state index contributed by atoms with van der Waals surface area (Å²) < 4.78 is 0. The van der Waals surface area contributed by atoms with E-state index < -0.39 is 11.6 Å². The standard InChI is InChI=1S/C21H27N3O4S/c1-14(2)27-23-13-17-18(20(26)22-11-9-15(3)10-12-22)28-24(21(23)29-17)19(25)16-7-5-4-6-8-16/h4-8,13-15,18,21H,9-12H2,1-3H3. The van der Waals surface area contributed by atoms with Crippen molar-refractivity contribution in [1.82, 2.24) is 15.0 Å². The summed E-state index contributed by atoms with van der Waals surface area (Å²) >= 11 is 1.43. The Morgan fingerprint density at radius 3 is 2.52 bits per heavy atom. The number of benzene rings is 1. The number of carbonyl (C=O) groups excluding carboxylic acids is 2. The highest BCUT2D eigenvalue weighted by molar-refractivity contribution is 8.03. The summed E-state index contributed by atoms with van der Waals surface area (Å²) in [7, 11) is 0. The lowest BCUT2D eigenvalue weighted by Gasteiger charge is -2.39. The summed E-state index contributed by atoms with van der Waals surface area (Å²) in [5.41, 5.74) is 0.0106. The van der Waals surface area contributed by atoms with Crippen molar-refractivity contribution in [2.45, 2.75) is 51.3 Å². The number of hydrogen-bond donors (Lipinski definition) is 0. The molecule has 3 heterocycles. The molecule has 2 unspecified atom stereocenters. The lowest BCUT2D eigenvalue weighted by atomic mass is 9.99. The molecule has 156 valence electrons. The van der Waals surface area contributed by atoms with Crippen LogP contribution in [0, 0.1) is 5.92 Å². The molecule has 0 spiro atoms. The normalized spacial score (nSPS) is 24.8. The molecule has 1 aromatic rings. The molecule has 2 atom stereocenters. The first-order valence-electron chi connectivity index (χ1n) is 10.1. The second-order valence-corrected chi connectivity index (χ2v) is 9.11. The van der Waals surface area contributed by atoms with Crippen LogP contribution in [0.3, 0.4) is 0 Å². The molecule has 2 fully saturated rings. The van der Waals surface area contributed by atoms with Crippen molar-refractivity contribution in [2.24, 2.45) is 5.92 Å². The first kappa shape index (κ1) is 20.3. The predicted octanol–water partition coefficient (Wildman–Crippen LogP) is 3.21. The minimum absolute atomic E-state index is 0.0711. The van der Waals surface area contributed by atoms with Crippen LogP contribution in [0.25, 0.3) is 0 Å². The average molecular weight is 418 g/mol. The Kier molecular flexibility index (Phi) is 5.85. The summed E-state index contributed by atoms with van der Waals surface area (Å²) in [6.07, 6.45) is 2.88. The molecule has 1 aromatic carbocycles. The van der Waals surface area contributed by atoms with Gasteiger partial charge in [-0.15, -0.1) is 0 Å². The van der Waals surface area contributed by atoms with Gasteiger partial charge in [0.25, 0.3) is 11.8 Å². The Balaban J connectivity index is 1.59.